The van der Waals surface area contributed by atoms with Gasteiger partial charge in [0.1, 0.15) is 11.5 Å². The van der Waals surface area contributed by atoms with Crippen molar-refractivity contribution in [2.45, 2.75) is 6.92 Å². The average molecular weight is 284 g/mol. The van der Waals surface area contributed by atoms with Gasteiger partial charge in [0.15, 0.2) is 5.82 Å². The van der Waals surface area contributed by atoms with E-state index in [1.807, 2.05) is 5.32 Å². The molecule has 0 aliphatic carbocycles. The van der Waals surface area contributed by atoms with Gasteiger partial charge < -0.3 is 10.4 Å². The molecule has 0 aliphatic heterocycles. The maximum absolute atomic E-state index is 13.6. The lowest BCUT2D eigenvalue weighted by Gasteiger charge is -2.09. The third kappa shape index (κ3) is 4.16. The average Bonchev–Trinajstić information content (AvgIpc) is 2.37. The van der Waals surface area contributed by atoms with Gasteiger partial charge in [-0.05, 0) is 18.6 Å². The van der Waals surface area contributed by atoms with E-state index in [0.29, 0.717) is 12.2 Å². The minimum Gasteiger partial charge on any atom is -0.478 e. The van der Waals surface area contributed by atoms with E-state index in [9.17, 15) is 23.2 Å². The highest BCUT2D eigenvalue weighted by Crippen LogP contribution is 2.21. The second kappa shape index (κ2) is 6.41. The molecule has 3 amide bonds. The lowest BCUT2D eigenvalue weighted by molar-refractivity contribution is -0.131. The number of rotatable bonds is 3. The van der Waals surface area contributed by atoms with Crippen molar-refractivity contribution < 1.29 is 28.3 Å². The van der Waals surface area contributed by atoms with Crippen LogP contribution in [0.25, 0.3) is 0 Å². The molecule has 8 heteroatoms. The second-order valence-corrected chi connectivity index (χ2v) is 3.67. The van der Waals surface area contributed by atoms with Crippen molar-refractivity contribution in [2.24, 2.45) is 0 Å². The third-order valence-corrected chi connectivity index (χ3v) is 2.14. The third-order valence-electron chi connectivity index (χ3n) is 2.14. The molecule has 1 aromatic carbocycles. The number of carbonyl (C=O) groups excluding carboxylic acids is 2. The minimum atomic E-state index is -1.38. The van der Waals surface area contributed by atoms with Crippen molar-refractivity contribution in [1.82, 2.24) is 5.32 Å². The first-order chi connectivity index (χ1) is 9.31. The Morgan fingerprint density at radius 1 is 1.20 bits per heavy atom. The van der Waals surface area contributed by atoms with Gasteiger partial charge in [0.25, 0.3) is 5.91 Å². The Bertz CT molecular complexity index is 599. The van der Waals surface area contributed by atoms with Gasteiger partial charge in [0, 0.05) is 12.2 Å². The second-order valence-electron chi connectivity index (χ2n) is 3.67. The van der Waals surface area contributed by atoms with Crippen LogP contribution in [0.5, 0.6) is 0 Å². The summed E-state index contributed by atoms with van der Waals surface area (Å²) >= 11 is 0. The number of aryl methyl sites for hydroxylation is 1. The number of hydrogen-bond acceptors (Lipinski definition) is 3. The van der Waals surface area contributed by atoms with Crippen molar-refractivity contribution in [2.75, 3.05) is 5.32 Å². The van der Waals surface area contributed by atoms with Crippen LogP contribution in [-0.4, -0.2) is 23.0 Å². The molecule has 1 aromatic rings. The van der Waals surface area contributed by atoms with Crippen LogP contribution in [0.1, 0.15) is 5.56 Å². The molecule has 106 valence electrons. The van der Waals surface area contributed by atoms with Gasteiger partial charge in [0.2, 0.25) is 0 Å². The van der Waals surface area contributed by atoms with Crippen LogP contribution in [0, 0.1) is 18.6 Å². The van der Waals surface area contributed by atoms with Gasteiger partial charge in [-0.3, -0.25) is 10.1 Å². The van der Waals surface area contributed by atoms with E-state index in [2.05, 4.69) is 0 Å². The molecule has 20 heavy (non-hydrogen) atoms. The molecule has 0 aromatic heterocycles. The highest BCUT2D eigenvalue weighted by Gasteiger charge is 2.15. The maximum atomic E-state index is 13.6. The molecule has 0 unspecified atom stereocenters. The van der Waals surface area contributed by atoms with E-state index in [0.717, 1.165) is 6.07 Å². The summed E-state index contributed by atoms with van der Waals surface area (Å²) in [5.74, 6) is -4.39. The summed E-state index contributed by atoms with van der Waals surface area (Å²) in [6, 6.07) is 0.961. The smallest absolute Gasteiger partial charge is 0.328 e. The zero-order valence-electron chi connectivity index (χ0n) is 10.2. The molecule has 0 saturated heterocycles. The van der Waals surface area contributed by atoms with E-state index < -0.39 is 35.2 Å². The highest BCUT2D eigenvalue weighted by atomic mass is 19.1. The minimum absolute atomic E-state index is 0.110. The van der Waals surface area contributed by atoms with Crippen LogP contribution >= 0.6 is 0 Å². The summed E-state index contributed by atoms with van der Waals surface area (Å²) < 4.78 is 26.9. The summed E-state index contributed by atoms with van der Waals surface area (Å²) in [7, 11) is 0. The fraction of sp³-hybridized carbons (Fsp3) is 0.0833. The van der Waals surface area contributed by atoms with Crippen LogP contribution in [0.4, 0.5) is 19.3 Å². The normalized spacial score (nSPS) is 10.3. The summed E-state index contributed by atoms with van der Waals surface area (Å²) in [5, 5.41) is 11.8. The molecule has 6 nitrogen and oxygen atoms in total. The molecule has 0 saturated carbocycles. The van der Waals surface area contributed by atoms with Gasteiger partial charge >= 0.3 is 12.0 Å². The number of carboxylic acids is 1. The first kappa shape index (κ1) is 15.3. The number of hydrogen-bond donors (Lipinski definition) is 3. The number of halogens is 2. The Morgan fingerprint density at radius 3 is 2.45 bits per heavy atom. The van der Waals surface area contributed by atoms with Crippen molar-refractivity contribution in [3.8, 4) is 0 Å². The van der Waals surface area contributed by atoms with Gasteiger partial charge in [-0.25, -0.2) is 18.4 Å². The van der Waals surface area contributed by atoms with Gasteiger partial charge in [-0.2, -0.15) is 0 Å². The molecular weight excluding hydrogens is 274 g/mol. The van der Waals surface area contributed by atoms with Crippen LogP contribution in [0.3, 0.4) is 0 Å². The monoisotopic (exact) mass is 284 g/mol. The zero-order valence-corrected chi connectivity index (χ0v) is 10.2. The van der Waals surface area contributed by atoms with Crippen molar-refractivity contribution in [1.29, 1.82) is 0 Å². The molecule has 3 N–H and O–H groups in total. The van der Waals surface area contributed by atoms with E-state index in [4.69, 9.17) is 5.11 Å². The van der Waals surface area contributed by atoms with E-state index in [1.54, 1.807) is 5.32 Å². The number of carbonyl (C=O) groups is 3. The Kier molecular flexibility index (Phi) is 4.90. The first-order valence-electron chi connectivity index (χ1n) is 5.29. The number of benzene rings is 1. The molecule has 0 heterocycles. The molecule has 0 atom stereocenters. The van der Waals surface area contributed by atoms with Crippen molar-refractivity contribution in [3.05, 3.63) is 41.5 Å². The van der Waals surface area contributed by atoms with Gasteiger partial charge in [-0.15, -0.1) is 0 Å². The number of imide groups is 1. The predicted molar refractivity (Wildman–Crippen MR) is 65.0 cm³/mol. The van der Waals surface area contributed by atoms with Crippen LogP contribution in [-0.2, 0) is 9.59 Å². The molecule has 0 spiro atoms. The van der Waals surface area contributed by atoms with Gasteiger partial charge in [-0.1, -0.05) is 6.07 Å². The number of anilines is 1. The lowest BCUT2D eigenvalue weighted by atomic mass is 10.2. The fourth-order valence-corrected chi connectivity index (χ4v) is 1.22. The summed E-state index contributed by atoms with van der Waals surface area (Å²) in [6.45, 7) is 1.37. The van der Waals surface area contributed by atoms with E-state index >= 15 is 0 Å². The maximum Gasteiger partial charge on any atom is 0.328 e. The fourth-order valence-electron chi connectivity index (χ4n) is 1.22. The largest absolute Gasteiger partial charge is 0.478 e. The summed E-state index contributed by atoms with van der Waals surface area (Å²) in [4.78, 5) is 32.5. The number of carboxylic acid groups (broad SMARTS) is 1. The standard InChI is InChI=1S/C12H10F2N2O4/c1-6-2-3-7(13)11(10(6)14)16-12(20)15-8(17)4-5-9(18)19/h2-5H,1H3,(H,18,19)(H2,15,16,17,20)/b5-4+. The van der Waals surface area contributed by atoms with Crippen molar-refractivity contribution in [3.63, 3.8) is 0 Å². The summed E-state index contributed by atoms with van der Waals surface area (Å²) in [5.41, 5.74) is -0.587. The molecule has 0 radical (unpaired) electrons. The number of amides is 3. The lowest BCUT2D eigenvalue weighted by Crippen LogP contribution is -2.33. The molecule has 0 aliphatic rings. The number of nitrogens with one attached hydrogen (secondary N) is 2. The first-order valence-corrected chi connectivity index (χ1v) is 5.29. The van der Waals surface area contributed by atoms with Crippen molar-refractivity contribution >= 4 is 23.6 Å². The Labute approximate surface area is 112 Å². The predicted octanol–water partition coefficient (Wildman–Crippen LogP) is 1.56. The molecule has 0 bridgehead atoms. The Balaban J connectivity index is 2.75. The van der Waals surface area contributed by atoms with Crippen LogP contribution < -0.4 is 10.6 Å². The molecule has 0 fully saturated rings. The van der Waals surface area contributed by atoms with Crippen LogP contribution in [0.2, 0.25) is 0 Å². The van der Waals surface area contributed by atoms with Gasteiger partial charge in [0.05, 0.1) is 0 Å². The molecule has 1 rings (SSSR count). The Morgan fingerprint density at radius 2 is 1.85 bits per heavy atom. The topological polar surface area (TPSA) is 95.5 Å². The zero-order chi connectivity index (χ0) is 15.3. The van der Waals surface area contributed by atoms with E-state index in [1.165, 1.54) is 13.0 Å². The van der Waals surface area contributed by atoms with Crippen LogP contribution in [0.15, 0.2) is 24.3 Å². The number of urea groups is 1. The molecular formula is C12H10F2N2O4. The summed E-state index contributed by atoms with van der Waals surface area (Å²) in [6.07, 6.45) is 1.10. The quantitative estimate of drug-likeness (QED) is 0.734. The SMILES string of the molecule is Cc1ccc(F)c(NC(=O)NC(=O)/C=C/C(=O)O)c1F. The number of aliphatic carboxylic acids is 1. The highest BCUT2D eigenvalue weighted by molar-refractivity contribution is 6.06. The van der Waals surface area contributed by atoms with E-state index in [-0.39, 0.29) is 5.56 Å². The Hall–Kier alpha value is -2.77.